The molecule has 0 spiro atoms. The van der Waals surface area contributed by atoms with Crippen molar-refractivity contribution in [2.45, 2.75) is 20.8 Å². The number of carbonyl (C=O) groups is 1. The molecule has 0 heterocycles. The van der Waals surface area contributed by atoms with Gasteiger partial charge in [0.2, 0.25) is 10.0 Å². The van der Waals surface area contributed by atoms with E-state index in [-0.39, 0.29) is 11.7 Å². The van der Waals surface area contributed by atoms with Crippen LogP contribution in [-0.2, 0) is 10.0 Å². The zero-order valence-electron chi connectivity index (χ0n) is 16.2. The van der Waals surface area contributed by atoms with Crippen LogP contribution in [0.2, 0.25) is 5.02 Å². The Bertz CT molecular complexity index is 914. The van der Waals surface area contributed by atoms with Crippen LogP contribution < -0.4 is 14.4 Å². The van der Waals surface area contributed by atoms with E-state index in [0.29, 0.717) is 41.7 Å². The number of nitrogens with zero attached hydrogens (tertiary/aromatic N) is 1. The van der Waals surface area contributed by atoms with Gasteiger partial charge < -0.3 is 10.1 Å². The Balaban J connectivity index is 1.89. The van der Waals surface area contributed by atoms with Gasteiger partial charge in [-0.3, -0.25) is 9.10 Å². The van der Waals surface area contributed by atoms with E-state index < -0.39 is 10.0 Å². The molecule has 0 fully saturated rings. The van der Waals surface area contributed by atoms with Gasteiger partial charge in [0.1, 0.15) is 12.4 Å². The summed E-state index contributed by atoms with van der Waals surface area (Å²) in [4.78, 5) is 12.2. The van der Waals surface area contributed by atoms with Crippen LogP contribution in [0.4, 0.5) is 5.69 Å². The Morgan fingerprint density at radius 2 is 1.82 bits per heavy atom. The first kappa shape index (κ1) is 22.0. The second-order valence-corrected chi connectivity index (χ2v) is 8.72. The van der Waals surface area contributed by atoms with Crippen molar-refractivity contribution >= 4 is 33.2 Å². The molecule has 2 rings (SSSR count). The molecule has 2 aromatic carbocycles. The van der Waals surface area contributed by atoms with Crippen molar-refractivity contribution in [1.82, 2.24) is 5.32 Å². The Hall–Kier alpha value is -2.25. The molecule has 0 bridgehead atoms. The predicted octanol–water partition coefficient (Wildman–Crippen LogP) is 3.63. The molecule has 0 atom stereocenters. The summed E-state index contributed by atoms with van der Waals surface area (Å²) in [6.45, 7) is 6.26. The number of anilines is 1. The summed E-state index contributed by atoms with van der Waals surface area (Å²) in [5.74, 6) is 0.416. The predicted molar refractivity (Wildman–Crippen MR) is 113 cm³/mol. The Morgan fingerprint density at radius 3 is 2.39 bits per heavy atom. The molecule has 152 valence electrons. The summed E-state index contributed by atoms with van der Waals surface area (Å²) >= 11 is 6.05. The van der Waals surface area contributed by atoms with Crippen LogP contribution in [-0.4, -0.2) is 39.8 Å². The van der Waals surface area contributed by atoms with Crippen molar-refractivity contribution in [3.8, 4) is 5.75 Å². The number of nitrogens with one attached hydrogen (secondary N) is 1. The number of benzene rings is 2. The zero-order chi connectivity index (χ0) is 20.7. The van der Waals surface area contributed by atoms with Crippen LogP contribution in [0.1, 0.15) is 29.8 Å². The highest BCUT2D eigenvalue weighted by Gasteiger charge is 2.18. The third-order valence-corrected chi connectivity index (χ3v) is 6.48. The van der Waals surface area contributed by atoms with E-state index in [1.54, 1.807) is 44.2 Å². The van der Waals surface area contributed by atoms with Crippen molar-refractivity contribution in [3.05, 3.63) is 58.6 Å². The van der Waals surface area contributed by atoms with Crippen LogP contribution in [0, 0.1) is 6.92 Å². The van der Waals surface area contributed by atoms with E-state index in [4.69, 9.17) is 16.3 Å². The maximum Gasteiger partial charge on any atom is 0.251 e. The molecule has 1 N–H and O–H groups in total. The molecule has 0 saturated heterocycles. The Kier molecular flexibility index (Phi) is 7.71. The minimum absolute atomic E-state index is 0.0231. The number of ether oxygens (including phenoxy) is 1. The molecule has 0 aliphatic carbocycles. The van der Waals surface area contributed by atoms with E-state index in [0.717, 1.165) is 5.56 Å². The quantitative estimate of drug-likeness (QED) is 0.623. The fourth-order valence-corrected chi connectivity index (χ4v) is 3.89. The summed E-state index contributed by atoms with van der Waals surface area (Å²) in [5, 5.41) is 3.40. The van der Waals surface area contributed by atoms with Gasteiger partial charge in [-0.15, -0.1) is 0 Å². The Morgan fingerprint density at radius 1 is 1.14 bits per heavy atom. The van der Waals surface area contributed by atoms with Crippen molar-refractivity contribution in [2.75, 3.05) is 29.8 Å². The number of rotatable bonds is 9. The first-order valence-electron chi connectivity index (χ1n) is 9.06. The van der Waals surface area contributed by atoms with E-state index in [1.165, 1.54) is 4.31 Å². The van der Waals surface area contributed by atoms with Gasteiger partial charge >= 0.3 is 0 Å². The second kappa shape index (κ2) is 9.80. The monoisotopic (exact) mass is 424 g/mol. The number of hydrogen-bond donors (Lipinski definition) is 1. The summed E-state index contributed by atoms with van der Waals surface area (Å²) in [6.07, 6.45) is 0. The van der Waals surface area contributed by atoms with Crippen molar-refractivity contribution in [3.63, 3.8) is 0 Å². The molecular formula is C20H25ClN2O4S. The number of halogens is 1. The molecule has 0 aliphatic heterocycles. The van der Waals surface area contributed by atoms with Crippen molar-refractivity contribution in [2.24, 2.45) is 0 Å². The van der Waals surface area contributed by atoms with Gasteiger partial charge in [0, 0.05) is 17.1 Å². The Labute approximate surface area is 171 Å². The van der Waals surface area contributed by atoms with E-state index in [1.807, 2.05) is 19.1 Å². The number of amides is 1. The fourth-order valence-electron chi connectivity index (χ4n) is 2.57. The maximum atomic E-state index is 12.2. The summed E-state index contributed by atoms with van der Waals surface area (Å²) in [5.41, 5.74) is 1.96. The van der Waals surface area contributed by atoms with Gasteiger partial charge in [-0.05, 0) is 62.7 Å². The van der Waals surface area contributed by atoms with E-state index in [2.05, 4.69) is 5.32 Å². The maximum absolute atomic E-state index is 12.2. The summed E-state index contributed by atoms with van der Waals surface area (Å²) in [7, 11) is -3.34. The standard InChI is InChI=1S/C20H25ClN2O4S/c1-4-23(28(25,26)5-2)17-9-7-16(8-10-17)20(24)22-12-13-27-18-11-6-15(3)19(21)14-18/h6-11,14H,4-5,12-13H2,1-3H3,(H,22,24). The highest BCUT2D eigenvalue weighted by atomic mass is 35.5. The third-order valence-electron chi connectivity index (χ3n) is 4.20. The van der Waals surface area contributed by atoms with Gasteiger partial charge in [-0.25, -0.2) is 8.42 Å². The first-order chi connectivity index (χ1) is 13.3. The number of carbonyl (C=O) groups excluding carboxylic acids is 1. The van der Waals surface area contributed by atoms with Crippen LogP contribution in [0.3, 0.4) is 0 Å². The van der Waals surface area contributed by atoms with Gasteiger partial charge in [0.25, 0.3) is 5.91 Å². The lowest BCUT2D eigenvalue weighted by Gasteiger charge is -2.22. The minimum Gasteiger partial charge on any atom is -0.492 e. The SMILES string of the molecule is CCN(c1ccc(C(=O)NCCOc2ccc(C)c(Cl)c2)cc1)S(=O)(=O)CC. The van der Waals surface area contributed by atoms with Crippen molar-refractivity contribution in [1.29, 1.82) is 0 Å². The largest absolute Gasteiger partial charge is 0.492 e. The van der Waals surface area contributed by atoms with Crippen LogP contribution >= 0.6 is 11.6 Å². The molecule has 0 unspecified atom stereocenters. The van der Waals surface area contributed by atoms with Crippen LogP contribution in [0.25, 0.3) is 0 Å². The molecule has 0 saturated carbocycles. The number of hydrogen-bond acceptors (Lipinski definition) is 4. The molecule has 0 aliphatic rings. The summed E-state index contributed by atoms with van der Waals surface area (Å²) < 4.78 is 31.1. The smallest absolute Gasteiger partial charge is 0.251 e. The zero-order valence-corrected chi connectivity index (χ0v) is 17.8. The normalized spacial score (nSPS) is 11.1. The molecule has 0 radical (unpaired) electrons. The highest BCUT2D eigenvalue weighted by molar-refractivity contribution is 7.92. The van der Waals surface area contributed by atoms with E-state index in [9.17, 15) is 13.2 Å². The summed E-state index contributed by atoms with van der Waals surface area (Å²) in [6, 6.07) is 11.9. The van der Waals surface area contributed by atoms with Crippen LogP contribution in [0.15, 0.2) is 42.5 Å². The first-order valence-corrected chi connectivity index (χ1v) is 11.0. The molecule has 6 nitrogen and oxygen atoms in total. The lowest BCUT2D eigenvalue weighted by atomic mass is 10.2. The fraction of sp³-hybridized carbons (Fsp3) is 0.350. The molecule has 8 heteroatoms. The lowest BCUT2D eigenvalue weighted by Crippen LogP contribution is -2.32. The van der Waals surface area contributed by atoms with Crippen molar-refractivity contribution < 1.29 is 17.9 Å². The molecule has 28 heavy (non-hydrogen) atoms. The van der Waals surface area contributed by atoms with Gasteiger partial charge in [-0.1, -0.05) is 17.7 Å². The van der Waals surface area contributed by atoms with Gasteiger partial charge in [0.05, 0.1) is 18.0 Å². The average molecular weight is 425 g/mol. The van der Waals surface area contributed by atoms with E-state index >= 15 is 0 Å². The molecular weight excluding hydrogens is 400 g/mol. The highest BCUT2D eigenvalue weighted by Crippen LogP contribution is 2.21. The number of aryl methyl sites for hydroxylation is 1. The average Bonchev–Trinajstić information content (AvgIpc) is 2.68. The molecule has 0 aromatic heterocycles. The third kappa shape index (κ3) is 5.62. The van der Waals surface area contributed by atoms with Gasteiger partial charge in [0.15, 0.2) is 0 Å². The lowest BCUT2D eigenvalue weighted by molar-refractivity contribution is 0.0947. The van der Waals surface area contributed by atoms with Crippen LogP contribution in [0.5, 0.6) is 5.75 Å². The topological polar surface area (TPSA) is 75.7 Å². The minimum atomic E-state index is -3.34. The second-order valence-electron chi connectivity index (χ2n) is 6.13. The molecule has 1 amide bonds. The van der Waals surface area contributed by atoms with Gasteiger partial charge in [-0.2, -0.15) is 0 Å². The molecule has 2 aromatic rings. The number of sulfonamides is 1.